The van der Waals surface area contributed by atoms with E-state index in [0.29, 0.717) is 0 Å². The molecule has 0 aliphatic rings. The lowest BCUT2D eigenvalue weighted by Crippen LogP contribution is -2.08. The Bertz CT molecular complexity index is 525. The molecule has 0 fully saturated rings. The van der Waals surface area contributed by atoms with E-state index in [1.165, 1.54) is 10.9 Å². The maximum Gasteiger partial charge on any atom is 0.129 e. The molecule has 0 amide bonds. The second kappa shape index (κ2) is 7.10. The van der Waals surface area contributed by atoms with Crippen molar-refractivity contribution in [3.05, 3.63) is 35.9 Å². The number of aryl methyl sites for hydroxylation is 1. The quantitative estimate of drug-likeness (QED) is 0.768. The van der Waals surface area contributed by atoms with Gasteiger partial charge in [-0.25, -0.2) is 4.98 Å². The molecule has 0 aliphatic carbocycles. The van der Waals surface area contributed by atoms with Gasteiger partial charge in [-0.3, -0.25) is 0 Å². The van der Waals surface area contributed by atoms with E-state index in [1.807, 2.05) is 18.2 Å². The third kappa shape index (κ3) is 3.93. The van der Waals surface area contributed by atoms with Gasteiger partial charge in [0.25, 0.3) is 0 Å². The number of hydrogen-bond donors (Lipinski definition) is 1. The summed E-state index contributed by atoms with van der Waals surface area (Å²) in [6, 6.07) is 10.4. The molecule has 2 rings (SSSR count). The van der Waals surface area contributed by atoms with Crippen molar-refractivity contribution in [2.75, 3.05) is 25.1 Å². The van der Waals surface area contributed by atoms with Crippen LogP contribution in [-0.2, 0) is 4.74 Å². The number of nitrogens with one attached hydrogen (secondary N) is 1. The van der Waals surface area contributed by atoms with E-state index in [-0.39, 0.29) is 0 Å². The van der Waals surface area contributed by atoms with Crippen LogP contribution in [0.25, 0.3) is 10.9 Å². The first-order valence-corrected chi connectivity index (χ1v) is 6.99. The van der Waals surface area contributed by atoms with E-state index in [4.69, 9.17) is 4.74 Å². The van der Waals surface area contributed by atoms with E-state index in [9.17, 15) is 0 Å². The van der Waals surface area contributed by atoms with E-state index >= 15 is 0 Å². The van der Waals surface area contributed by atoms with Crippen molar-refractivity contribution in [2.45, 2.75) is 26.7 Å². The first-order valence-electron chi connectivity index (χ1n) is 6.99. The largest absolute Gasteiger partial charge is 0.381 e. The highest BCUT2D eigenvalue weighted by atomic mass is 16.5. The van der Waals surface area contributed by atoms with Crippen LogP contribution in [0.2, 0.25) is 0 Å². The molecule has 1 heterocycles. The van der Waals surface area contributed by atoms with Gasteiger partial charge in [0, 0.05) is 25.1 Å². The fraction of sp³-hybridized carbons (Fsp3) is 0.438. The van der Waals surface area contributed by atoms with Crippen LogP contribution in [0.4, 0.5) is 5.82 Å². The van der Waals surface area contributed by atoms with Gasteiger partial charge in [0.15, 0.2) is 0 Å². The highest BCUT2D eigenvalue weighted by Crippen LogP contribution is 2.19. The molecule has 0 saturated carbocycles. The molecule has 1 aromatic carbocycles. The smallest absolute Gasteiger partial charge is 0.129 e. The second-order valence-corrected chi connectivity index (χ2v) is 4.74. The summed E-state index contributed by atoms with van der Waals surface area (Å²) < 4.78 is 5.46. The minimum atomic E-state index is 0.813. The topological polar surface area (TPSA) is 34.1 Å². The van der Waals surface area contributed by atoms with Crippen LogP contribution < -0.4 is 5.32 Å². The van der Waals surface area contributed by atoms with E-state index < -0.39 is 0 Å². The van der Waals surface area contributed by atoms with Gasteiger partial charge >= 0.3 is 0 Å². The molecule has 0 spiro atoms. The number of anilines is 1. The van der Waals surface area contributed by atoms with Crippen LogP contribution in [-0.4, -0.2) is 24.7 Å². The molecule has 3 nitrogen and oxygen atoms in total. The van der Waals surface area contributed by atoms with E-state index in [1.54, 1.807) is 0 Å². The highest BCUT2D eigenvalue weighted by molar-refractivity contribution is 5.81. The normalized spacial score (nSPS) is 10.8. The molecule has 102 valence electrons. The molecule has 0 saturated heterocycles. The Morgan fingerprint density at radius 2 is 2.05 bits per heavy atom. The summed E-state index contributed by atoms with van der Waals surface area (Å²) in [4.78, 5) is 4.66. The number of fused-ring (bicyclic) bond motifs is 1. The summed E-state index contributed by atoms with van der Waals surface area (Å²) in [5, 5.41) is 4.58. The Kier molecular flexibility index (Phi) is 5.16. The van der Waals surface area contributed by atoms with E-state index in [2.05, 4.69) is 36.3 Å². The fourth-order valence-corrected chi connectivity index (χ4v) is 2.03. The first-order chi connectivity index (χ1) is 9.31. The van der Waals surface area contributed by atoms with Crippen molar-refractivity contribution >= 4 is 16.7 Å². The SMILES string of the molecule is CCCOCCCNc1nc2ccccc2cc1C. The minimum absolute atomic E-state index is 0.813. The van der Waals surface area contributed by atoms with Gasteiger partial charge in [-0.1, -0.05) is 25.1 Å². The van der Waals surface area contributed by atoms with Crippen molar-refractivity contribution in [2.24, 2.45) is 0 Å². The van der Waals surface area contributed by atoms with Crippen LogP contribution in [0.3, 0.4) is 0 Å². The molecule has 0 aliphatic heterocycles. The Morgan fingerprint density at radius 1 is 1.21 bits per heavy atom. The van der Waals surface area contributed by atoms with Crippen LogP contribution >= 0.6 is 0 Å². The van der Waals surface area contributed by atoms with Crippen LogP contribution in [0.1, 0.15) is 25.3 Å². The summed E-state index contributed by atoms with van der Waals surface area (Å²) in [5.41, 5.74) is 2.23. The van der Waals surface area contributed by atoms with Gasteiger partial charge in [0.05, 0.1) is 5.52 Å². The average Bonchev–Trinajstić information content (AvgIpc) is 2.43. The third-order valence-corrected chi connectivity index (χ3v) is 3.02. The maximum atomic E-state index is 5.46. The van der Waals surface area contributed by atoms with Crippen molar-refractivity contribution in [1.82, 2.24) is 4.98 Å². The van der Waals surface area contributed by atoms with Gasteiger partial charge in [0.1, 0.15) is 5.82 Å². The summed E-state index contributed by atoms with van der Waals surface area (Å²) in [6.07, 6.45) is 2.09. The Hall–Kier alpha value is -1.61. The van der Waals surface area contributed by atoms with E-state index in [0.717, 1.165) is 43.9 Å². The van der Waals surface area contributed by atoms with Crippen molar-refractivity contribution < 1.29 is 4.74 Å². The summed E-state index contributed by atoms with van der Waals surface area (Å²) in [7, 11) is 0. The van der Waals surface area contributed by atoms with Crippen LogP contribution in [0.5, 0.6) is 0 Å². The average molecular weight is 258 g/mol. The van der Waals surface area contributed by atoms with Crippen molar-refractivity contribution in [3.8, 4) is 0 Å². The zero-order valence-corrected chi connectivity index (χ0v) is 11.8. The number of rotatable bonds is 7. The van der Waals surface area contributed by atoms with Gasteiger partial charge in [-0.15, -0.1) is 0 Å². The number of hydrogen-bond acceptors (Lipinski definition) is 3. The molecule has 1 N–H and O–H groups in total. The summed E-state index contributed by atoms with van der Waals surface area (Å²) in [6.45, 7) is 6.78. The Balaban J connectivity index is 1.91. The summed E-state index contributed by atoms with van der Waals surface area (Å²) >= 11 is 0. The van der Waals surface area contributed by atoms with Gasteiger partial charge in [-0.05, 0) is 37.5 Å². The zero-order chi connectivity index (χ0) is 13.5. The summed E-state index contributed by atoms with van der Waals surface area (Å²) in [5.74, 6) is 0.981. The molecule has 0 bridgehead atoms. The molecule has 2 aromatic rings. The van der Waals surface area contributed by atoms with Crippen LogP contribution in [0, 0.1) is 6.92 Å². The zero-order valence-electron chi connectivity index (χ0n) is 11.8. The standard InChI is InChI=1S/C16H22N2O/c1-3-10-19-11-6-9-17-16-13(2)12-14-7-4-5-8-15(14)18-16/h4-5,7-8,12H,3,6,9-11H2,1-2H3,(H,17,18). The minimum Gasteiger partial charge on any atom is -0.381 e. The van der Waals surface area contributed by atoms with Crippen molar-refractivity contribution in [3.63, 3.8) is 0 Å². The molecule has 1 aromatic heterocycles. The second-order valence-electron chi connectivity index (χ2n) is 4.74. The fourth-order valence-electron chi connectivity index (χ4n) is 2.03. The van der Waals surface area contributed by atoms with Gasteiger partial charge in [-0.2, -0.15) is 0 Å². The Labute approximate surface area is 115 Å². The number of ether oxygens (including phenoxy) is 1. The van der Waals surface area contributed by atoms with Gasteiger partial charge in [0.2, 0.25) is 0 Å². The molecule has 0 atom stereocenters. The molecule has 0 unspecified atom stereocenters. The lowest BCUT2D eigenvalue weighted by atomic mass is 10.1. The Morgan fingerprint density at radius 3 is 2.89 bits per heavy atom. The molecule has 3 heteroatoms. The monoisotopic (exact) mass is 258 g/mol. The molecule has 0 radical (unpaired) electrons. The maximum absolute atomic E-state index is 5.46. The first kappa shape index (κ1) is 13.8. The number of nitrogens with zero attached hydrogens (tertiary/aromatic N) is 1. The number of aromatic nitrogens is 1. The predicted molar refractivity (Wildman–Crippen MR) is 80.7 cm³/mol. The lowest BCUT2D eigenvalue weighted by Gasteiger charge is -2.10. The highest BCUT2D eigenvalue weighted by Gasteiger charge is 2.02. The third-order valence-electron chi connectivity index (χ3n) is 3.02. The molecular weight excluding hydrogens is 236 g/mol. The predicted octanol–water partition coefficient (Wildman–Crippen LogP) is 3.77. The van der Waals surface area contributed by atoms with Gasteiger partial charge < -0.3 is 10.1 Å². The molecular formula is C16H22N2O. The number of para-hydroxylation sites is 1. The number of pyridine rings is 1. The number of benzene rings is 1. The van der Waals surface area contributed by atoms with Crippen LogP contribution in [0.15, 0.2) is 30.3 Å². The lowest BCUT2D eigenvalue weighted by molar-refractivity contribution is 0.134. The molecule has 19 heavy (non-hydrogen) atoms. The van der Waals surface area contributed by atoms with Crippen molar-refractivity contribution in [1.29, 1.82) is 0 Å².